The van der Waals surface area contributed by atoms with Crippen LogP contribution < -0.4 is 19.7 Å². The van der Waals surface area contributed by atoms with E-state index in [0.717, 1.165) is 33.8 Å². The molecule has 2 amide bonds. The average molecular weight is 804 g/mol. The average Bonchev–Trinajstić information content (AvgIpc) is 3.99. The van der Waals surface area contributed by atoms with Crippen molar-refractivity contribution in [3.63, 3.8) is 0 Å². The number of fused-ring (bicyclic) bond motifs is 3. The molecule has 296 valence electrons. The Morgan fingerprint density at radius 3 is 2.48 bits per heavy atom. The number of pyridine rings is 1. The molecule has 0 aliphatic carbocycles. The smallest absolute Gasteiger partial charge is 0.454 e. The van der Waals surface area contributed by atoms with Crippen molar-refractivity contribution in [3.8, 4) is 28.7 Å². The van der Waals surface area contributed by atoms with Gasteiger partial charge in [-0.05, 0) is 92.3 Å². The number of amides is 2. The van der Waals surface area contributed by atoms with E-state index in [0.29, 0.717) is 82.5 Å². The molecule has 9 rings (SSSR count). The number of H-pyrrole nitrogens is 1. The van der Waals surface area contributed by atoms with Gasteiger partial charge in [0.1, 0.15) is 17.2 Å². The third-order valence-electron chi connectivity index (χ3n) is 11.2. The van der Waals surface area contributed by atoms with E-state index >= 15 is 8.63 Å². The van der Waals surface area contributed by atoms with Gasteiger partial charge in [-0.15, -0.1) is 0 Å². The fraction of sp³-hybridized carbons (Fsp3) is 0.268. The number of halogens is 2. The minimum atomic E-state index is -4.07. The molecule has 58 heavy (non-hydrogen) atoms. The maximum atomic E-state index is 16.0. The first-order valence-corrected chi connectivity index (χ1v) is 19.5. The molecule has 0 radical (unpaired) electrons. The summed E-state index contributed by atoms with van der Waals surface area (Å²) in [5.74, 6) is 2.21. The van der Waals surface area contributed by atoms with Crippen LogP contribution in [0.2, 0.25) is 0 Å². The molecule has 0 bridgehead atoms. The molecule has 0 saturated carbocycles. The molecule has 4 aliphatic heterocycles. The number of aryl methyl sites for hydroxylation is 2. The number of hydrogen-bond acceptors (Lipinski definition) is 8. The number of aromatic nitrogens is 5. The van der Waals surface area contributed by atoms with Gasteiger partial charge >= 0.3 is 6.97 Å². The van der Waals surface area contributed by atoms with Gasteiger partial charge in [0, 0.05) is 75.0 Å². The molecular weight excluding hydrogens is 763 g/mol. The lowest BCUT2D eigenvalue weighted by Crippen LogP contribution is -2.51. The van der Waals surface area contributed by atoms with Crippen LogP contribution >= 0.6 is 12.2 Å². The molecule has 0 spiro atoms. The van der Waals surface area contributed by atoms with Crippen LogP contribution in [0.1, 0.15) is 49.2 Å². The third kappa shape index (κ3) is 6.29. The van der Waals surface area contributed by atoms with E-state index in [4.69, 9.17) is 26.7 Å². The van der Waals surface area contributed by atoms with Crippen LogP contribution in [0.15, 0.2) is 84.1 Å². The van der Waals surface area contributed by atoms with E-state index in [9.17, 15) is 9.59 Å². The number of nitrogens with zero attached hydrogens (tertiary/aromatic N) is 7. The van der Waals surface area contributed by atoms with Crippen molar-refractivity contribution < 1.29 is 32.2 Å². The summed E-state index contributed by atoms with van der Waals surface area (Å²) in [4.78, 5) is 35.0. The summed E-state index contributed by atoms with van der Waals surface area (Å²) in [5, 5.41) is 10.2. The largest absolute Gasteiger partial charge is 0.737 e. The fourth-order valence-corrected chi connectivity index (χ4v) is 8.77. The highest BCUT2D eigenvalue weighted by Gasteiger charge is 2.55. The van der Waals surface area contributed by atoms with Crippen molar-refractivity contribution in [2.45, 2.75) is 40.5 Å². The zero-order chi connectivity index (χ0) is 40.5. The van der Waals surface area contributed by atoms with Gasteiger partial charge in [0.2, 0.25) is 18.6 Å². The number of rotatable bonds is 8. The Morgan fingerprint density at radius 2 is 1.71 bits per heavy atom. The zero-order valence-corrected chi connectivity index (χ0v) is 33.2. The van der Waals surface area contributed by atoms with E-state index in [1.165, 1.54) is 8.96 Å². The molecule has 1 saturated heterocycles. The van der Waals surface area contributed by atoms with E-state index in [-0.39, 0.29) is 31.4 Å². The fourth-order valence-electron chi connectivity index (χ4n) is 8.54. The molecule has 13 nitrogen and oxygen atoms in total. The third-order valence-corrected chi connectivity index (χ3v) is 11.4. The van der Waals surface area contributed by atoms with Gasteiger partial charge in [-0.25, -0.2) is 4.98 Å². The Labute approximate surface area is 338 Å². The summed E-state index contributed by atoms with van der Waals surface area (Å²) in [5.41, 5.74) is 6.99. The van der Waals surface area contributed by atoms with Gasteiger partial charge in [-0.3, -0.25) is 19.3 Å². The summed E-state index contributed by atoms with van der Waals surface area (Å²) in [6, 6.07) is 20.3. The number of allylic oxidation sites excluding steroid dienone is 2. The van der Waals surface area contributed by atoms with Gasteiger partial charge in [0.15, 0.2) is 27.8 Å². The molecule has 17 heteroatoms. The highest BCUT2D eigenvalue weighted by atomic mass is 32.1. The molecule has 2 N–H and O–H groups in total. The highest BCUT2D eigenvalue weighted by molar-refractivity contribution is 7.71. The number of aromatic amines is 1. The van der Waals surface area contributed by atoms with Crippen LogP contribution in [-0.4, -0.2) is 91.1 Å². The minimum Gasteiger partial charge on any atom is -0.454 e. The summed E-state index contributed by atoms with van der Waals surface area (Å²) in [6.45, 7) is 5.35. The Hall–Kier alpha value is -6.36. The van der Waals surface area contributed by atoms with Crippen molar-refractivity contribution in [1.29, 1.82) is 0 Å². The van der Waals surface area contributed by atoms with Crippen LogP contribution in [0.3, 0.4) is 0 Å². The van der Waals surface area contributed by atoms with Crippen LogP contribution in [0, 0.1) is 18.6 Å². The number of carbonyl (C=O) groups is 2. The molecule has 4 aliphatic rings. The van der Waals surface area contributed by atoms with Crippen LogP contribution in [0.25, 0.3) is 22.8 Å². The van der Waals surface area contributed by atoms with Gasteiger partial charge in [-0.1, -0.05) is 18.2 Å². The Morgan fingerprint density at radius 1 is 0.948 bits per heavy atom. The molecule has 0 atom stereocenters. The lowest BCUT2D eigenvalue weighted by atomic mass is 9.84. The van der Waals surface area contributed by atoms with Crippen molar-refractivity contribution in [2.75, 3.05) is 43.2 Å². The van der Waals surface area contributed by atoms with E-state index in [1.54, 1.807) is 47.6 Å². The van der Waals surface area contributed by atoms with Crippen LogP contribution in [0.4, 0.5) is 20.1 Å². The van der Waals surface area contributed by atoms with Gasteiger partial charge in [0.05, 0.1) is 11.3 Å². The van der Waals surface area contributed by atoms with E-state index in [2.05, 4.69) is 20.4 Å². The molecule has 3 aromatic heterocycles. The lowest BCUT2D eigenvalue weighted by Gasteiger charge is -2.35. The van der Waals surface area contributed by atoms with Crippen molar-refractivity contribution in [3.05, 3.63) is 111 Å². The number of nitrogens with one attached hydrogen (secondary N) is 2. The number of piperazine rings is 1. The summed E-state index contributed by atoms with van der Waals surface area (Å²) in [7, 11) is 0. The SMILES string of the molecule is CC1=CC(C)=[N+]2C1=C(c1ccc(NC(=O)CCC(=O)N3CCN(c4cccc(-c5n[nH]c(=S)n5-c5ccc6c(c5)OCO6)n4)CC3)cc1)c1c(C)cc(C)n1[B-]2(F)F. The second kappa shape index (κ2) is 14.2. The number of anilines is 2. The van der Waals surface area contributed by atoms with Gasteiger partial charge < -0.3 is 42.2 Å². The second-order valence-corrected chi connectivity index (χ2v) is 15.3. The molecule has 1 fully saturated rings. The van der Waals surface area contributed by atoms with E-state index < -0.39 is 6.97 Å². The summed E-state index contributed by atoms with van der Waals surface area (Å²) >= 11 is 5.56. The minimum absolute atomic E-state index is 0.0226. The number of carbonyl (C=O) groups excluding carboxylic acids is 2. The normalized spacial score (nSPS) is 16.8. The van der Waals surface area contributed by atoms with Crippen molar-refractivity contribution in [2.24, 2.45) is 0 Å². The molecule has 7 heterocycles. The first-order valence-electron chi connectivity index (χ1n) is 19.1. The number of ether oxygens (including phenoxy) is 2. The zero-order valence-electron chi connectivity index (χ0n) is 32.4. The Kier molecular flexibility index (Phi) is 9.14. The Balaban J connectivity index is 0.817. The molecular formula is C41H40BF2N9O4S. The lowest BCUT2D eigenvalue weighted by molar-refractivity contribution is -0.363. The highest BCUT2D eigenvalue weighted by Crippen LogP contribution is 2.44. The summed E-state index contributed by atoms with van der Waals surface area (Å²) < 4.78 is 47.6. The van der Waals surface area contributed by atoms with Crippen molar-refractivity contribution >= 4 is 53.8 Å². The summed E-state index contributed by atoms with van der Waals surface area (Å²) in [6.07, 6.45) is 1.89. The number of benzene rings is 2. The van der Waals surface area contributed by atoms with E-state index in [1.807, 2.05) is 62.4 Å². The standard InChI is InChI=1S/C41H40BF2N9O4S/c1-24-20-26(3)52-38(24)37(39-25(2)21-27(4)53(39)42(52,43)44)28-8-10-29(11-9-28)45-35(54)14-15-36(55)50-18-16-49(17-19-50)34-7-5-6-31(46-34)40-47-48-41(58)51(40)30-12-13-32-33(22-30)57-23-56-32/h5-13,20-22H,14-19,23H2,1-4H3,(H,45,54)(H,48,58). The van der Waals surface area contributed by atoms with Gasteiger partial charge in [-0.2, -0.15) is 5.10 Å². The molecule has 0 unspecified atom stereocenters. The first-order chi connectivity index (χ1) is 27.9. The van der Waals surface area contributed by atoms with Crippen LogP contribution in [-0.2, 0) is 9.59 Å². The maximum Gasteiger partial charge on any atom is 0.737 e. The van der Waals surface area contributed by atoms with Gasteiger partial charge in [0.25, 0.3) is 0 Å². The quantitative estimate of drug-likeness (QED) is 0.132. The first kappa shape index (κ1) is 37.2. The Bertz CT molecular complexity index is 2690. The predicted octanol–water partition coefficient (Wildman–Crippen LogP) is 6.64. The topological polar surface area (TPSA) is 126 Å². The number of hydrogen-bond donors (Lipinski definition) is 2. The maximum absolute atomic E-state index is 16.0. The monoisotopic (exact) mass is 803 g/mol. The molecule has 2 aromatic carbocycles. The second-order valence-electron chi connectivity index (χ2n) is 14.9. The predicted molar refractivity (Wildman–Crippen MR) is 219 cm³/mol. The van der Waals surface area contributed by atoms with Crippen molar-refractivity contribution in [1.82, 2.24) is 29.1 Å². The van der Waals surface area contributed by atoms with Crippen LogP contribution in [0.5, 0.6) is 11.5 Å². The molecule has 5 aromatic rings.